The summed E-state index contributed by atoms with van der Waals surface area (Å²) in [6.07, 6.45) is 0.124. The maximum absolute atomic E-state index is 13.1. The molecule has 2 nitrogen and oxygen atoms in total. The van der Waals surface area contributed by atoms with E-state index in [1.807, 2.05) is 6.92 Å². The SMILES string of the molecule is CCOc1ccccc1C(=O)C1CCC(F)(F)CC1. The minimum Gasteiger partial charge on any atom is -0.493 e. The van der Waals surface area contributed by atoms with Crippen LogP contribution in [0.15, 0.2) is 24.3 Å². The number of hydrogen-bond acceptors (Lipinski definition) is 2. The Morgan fingerprint density at radius 3 is 2.58 bits per heavy atom. The highest BCUT2D eigenvalue weighted by molar-refractivity contribution is 6.00. The summed E-state index contributed by atoms with van der Waals surface area (Å²) < 4.78 is 31.6. The van der Waals surface area contributed by atoms with Crippen molar-refractivity contribution >= 4 is 5.78 Å². The predicted octanol–water partition coefficient (Wildman–Crippen LogP) is 4.09. The average molecular weight is 268 g/mol. The van der Waals surface area contributed by atoms with Crippen molar-refractivity contribution in [1.82, 2.24) is 0 Å². The Hall–Kier alpha value is -1.45. The number of Topliss-reactive ketones (excluding diaryl/α,β-unsaturated/α-hetero) is 1. The van der Waals surface area contributed by atoms with Crippen molar-refractivity contribution in [2.24, 2.45) is 5.92 Å². The number of benzene rings is 1. The molecule has 1 saturated carbocycles. The van der Waals surface area contributed by atoms with Crippen molar-refractivity contribution < 1.29 is 18.3 Å². The Balaban J connectivity index is 2.12. The average Bonchev–Trinajstić information content (AvgIpc) is 2.39. The molecule has 0 unspecified atom stereocenters. The van der Waals surface area contributed by atoms with Crippen LogP contribution in [0.2, 0.25) is 0 Å². The van der Waals surface area contributed by atoms with Crippen LogP contribution < -0.4 is 4.74 Å². The first-order valence-electron chi connectivity index (χ1n) is 6.67. The quantitative estimate of drug-likeness (QED) is 0.769. The molecule has 1 aliphatic carbocycles. The molecule has 0 aliphatic heterocycles. The Bertz CT molecular complexity index is 447. The monoisotopic (exact) mass is 268 g/mol. The first kappa shape index (κ1) is 14.0. The van der Waals surface area contributed by atoms with Gasteiger partial charge in [-0.1, -0.05) is 12.1 Å². The molecule has 0 radical (unpaired) electrons. The number of rotatable bonds is 4. The molecule has 1 aromatic rings. The van der Waals surface area contributed by atoms with Crippen LogP contribution >= 0.6 is 0 Å². The van der Waals surface area contributed by atoms with Crippen LogP contribution in [0.4, 0.5) is 8.78 Å². The van der Waals surface area contributed by atoms with Gasteiger partial charge in [-0.15, -0.1) is 0 Å². The summed E-state index contributed by atoms with van der Waals surface area (Å²) in [5, 5.41) is 0. The highest BCUT2D eigenvalue weighted by Gasteiger charge is 2.37. The van der Waals surface area contributed by atoms with Crippen molar-refractivity contribution in [2.45, 2.75) is 38.5 Å². The second kappa shape index (κ2) is 5.68. The Morgan fingerprint density at radius 2 is 1.95 bits per heavy atom. The van der Waals surface area contributed by atoms with Gasteiger partial charge in [-0.05, 0) is 31.9 Å². The van der Waals surface area contributed by atoms with E-state index in [0.29, 0.717) is 17.9 Å². The van der Waals surface area contributed by atoms with Crippen LogP contribution in [-0.4, -0.2) is 18.3 Å². The Kier molecular flexibility index (Phi) is 4.17. The van der Waals surface area contributed by atoms with E-state index in [4.69, 9.17) is 4.74 Å². The second-order valence-corrected chi connectivity index (χ2v) is 4.92. The molecule has 2 rings (SSSR count). The third-order valence-corrected chi connectivity index (χ3v) is 3.54. The van der Waals surface area contributed by atoms with Gasteiger partial charge in [0.15, 0.2) is 5.78 Å². The number of halogens is 2. The van der Waals surface area contributed by atoms with Gasteiger partial charge in [-0.25, -0.2) is 8.78 Å². The molecule has 104 valence electrons. The summed E-state index contributed by atoms with van der Waals surface area (Å²) in [7, 11) is 0. The fourth-order valence-electron chi connectivity index (χ4n) is 2.47. The van der Waals surface area contributed by atoms with Gasteiger partial charge in [0, 0.05) is 18.8 Å². The third kappa shape index (κ3) is 3.31. The van der Waals surface area contributed by atoms with Crippen LogP contribution in [0.5, 0.6) is 5.75 Å². The zero-order valence-electron chi connectivity index (χ0n) is 11.0. The van der Waals surface area contributed by atoms with Crippen LogP contribution in [0.3, 0.4) is 0 Å². The molecule has 0 amide bonds. The minimum absolute atomic E-state index is 0.0699. The lowest BCUT2D eigenvalue weighted by Crippen LogP contribution is -2.28. The first-order chi connectivity index (χ1) is 9.03. The van der Waals surface area contributed by atoms with Gasteiger partial charge in [0.25, 0.3) is 0 Å². The van der Waals surface area contributed by atoms with Crippen molar-refractivity contribution in [3.63, 3.8) is 0 Å². The summed E-state index contributed by atoms with van der Waals surface area (Å²) >= 11 is 0. The molecule has 0 aromatic heterocycles. The van der Waals surface area contributed by atoms with Gasteiger partial charge in [0.2, 0.25) is 5.92 Å². The molecule has 4 heteroatoms. The summed E-state index contributed by atoms with van der Waals surface area (Å²) in [6.45, 7) is 2.33. The van der Waals surface area contributed by atoms with Gasteiger partial charge in [0.1, 0.15) is 5.75 Å². The Labute approximate surface area is 111 Å². The number of carbonyl (C=O) groups is 1. The normalized spacial score (nSPS) is 19.1. The largest absolute Gasteiger partial charge is 0.493 e. The van der Waals surface area contributed by atoms with Crippen molar-refractivity contribution in [3.8, 4) is 5.75 Å². The third-order valence-electron chi connectivity index (χ3n) is 3.54. The number of ether oxygens (including phenoxy) is 1. The summed E-state index contributed by atoms with van der Waals surface area (Å²) in [5.74, 6) is -2.43. The maximum Gasteiger partial charge on any atom is 0.248 e. The number of hydrogen-bond donors (Lipinski definition) is 0. The molecule has 19 heavy (non-hydrogen) atoms. The molecule has 0 atom stereocenters. The van der Waals surface area contributed by atoms with E-state index < -0.39 is 5.92 Å². The molecular formula is C15H18F2O2. The lowest BCUT2D eigenvalue weighted by atomic mass is 9.82. The van der Waals surface area contributed by atoms with Gasteiger partial charge in [-0.3, -0.25) is 4.79 Å². The minimum atomic E-state index is -2.60. The fraction of sp³-hybridized carbons (Fsp3) is 0.533. The zero-order chi connectivity index (χ0) is 13.9. The number of alkyl halides is 2. The number of para-hydroxylation sites is 1. The zero-order valence-corrected chi connectivity index (χ0v) is 11.0. The molecule has 1 fully saturated rings. The lowest BCUT2D eigenvalue weighted by molar-refractivity contribution is -0.0424. The van der Waals surface area contributed by atoms with E-state index in [-0.39, 0.29) is 37.4 Å². The molecule has 0 bridgehead atoms. The van der Waals surface area contributed by atoms with Crippen molar-refractivity contribution in [2.75, 3.05) is 6.61 Å². The smallest absolute Gasteiger partial charge is 0.248 e. The Morgan fingerprint density at radius 1 is 1.32 bits per heavy atom. The molecule has 0 heterocycles. The lowest BCUT2D eigenvalue weighted by Gasteiger charge is -2.27. The highest BCUT2D eigenvalue weighted by Crippen LogP contribution is 2.38. The molecular weight excluding hydrogens is 250 g/mol. The van der Waals surface area contributed by atoms with Crippen LogP contribution in [0.25, 0.3) is 0 Å². The van der Waals surface area contributed by atoms with E-state index in [9.17, 15) is 13.6 Å². The van der Waals surface area contributed by atoms with E-state index >= 15 is 0 Å². The molecule has 0 spiro atoms. The maximum atomic E-state index is 13.1. The highest BCUT2D eigenvalue weighted by atomic mass is 19.3. The molecule has 1 aromatic carbocycles. The van der Waals surface area contributed by atoms with E-state index in [0.717, 1.165) is 0 Å². The standard InChI is InChI=1S/C15H18F2O2/c1-2-19-13-6-4-3-5-12(13)14(18)11-7-9-15(16,17)10-8-11/h3-6,11H,2,7-10H2,1H3. The van der Waals surface area contributed by atoms with E-state index in [2.05, 4.69) is 0 Å². The van der Waals surface area contributed by atoms with Gasteiger partial charge in [0.05, 0.1) is 12.2 Å². The molecule has 0 saturated heterocycles. The second-order valence-electron chi connectivity index (χ2n) is 4.92. The molecule has 0 N–H and O–H groups in total. The van der Waals surface area contributed by atoms with Crippen LogP contribution in [0, 0.1) is 5.92 Å². The van der Waals surface area contributed by atoms with Gasteiger partial charge in [-0.2, -0.15) is 0 Å². The van der Waals surface area contributed by atoms with Gasteiger partial charge >= 0.3 is 0 Å². The van der Waals surface area contributed by atoms with Crippen LogP contribution in [-0.2, 0) is 0 Å². The first-order valence-corrected chi connectivity index (χ1v) is 6.67. The van der Waals surface area contributed by atoms with Crippen molar-refractivity contribution in [3.05, 3.63) is 29.8 Å². The molecule has 1 aliphatic rings. The van der Waals surface area contributed by atoms with E-state index in [1.165, 1.54) is 0 Å². The topological polar surface area (TPSA) is 26.3 Å². The van der Waals surface area contributed by atoms with Gasteiger partial charge < -0.3 is 4.74 Å². The summed E-state index contributed by atoms with van der Waals surface area (Å²) in [6, 6.07) is 7.03. The van der Waals surface area contributed by atoms with E-state index in [1.54, 1.807) is 24.3 Å². The summed E-state index contributed by atoms with van der Waals surface area (Å²) in [4.78, 5) is 12.4. The fourth-order valence-corrected chi connectivity index (χ4v) is 2.47. The number of ketones is 1. The van der Waals surface area contributed by atoms with Crippen molar-refractivity contribution in [1.29, 1.82) is 0 Å². The number of carbonyl (C=O) groups excluding carboxylic acids is 1. The summed E-state index contributed by atoms with van der Waals surface area (Å²) in [5.41, 5.74) is 0.513. The predicted molar refractivity (Wildman–Crippen MR) is 68.8 cm³/mol. The van der Waals surface area contributed by atoms with Crippen LogP contribution in [0.1, 0.15) is 43.0 Å².